The van der Waals surface area contributed by atoms with E-state index in [-0.39, 0.29) is 17.7 Å². The standard InChI is InChI=1S/C17H26N2O4/c1-12-10-15(13(2)23-12)17(21)19-8-4-6-14(11-19)16(20)18-7-5-9-22-3/h10,14H,4-9,11H2,1-3H3,(H,18,20). The number of hydrogen-bond acceptors (Lipinski definition) is 4. The van der Waals surface area contributed by atoms with Crippen molar-refractivity contribution in [3.63, 3.8) is 0 Å². The Labute approximate surface area is 137 Å². The number of carbonyl (C=O) groups is 2. The molecule has 1 unspecified atom stereocenters. The summed E-state index contributed by atoms with van der Waals surface area (Å²) >= 11 is 0. The number of ether oxygens (including phenoxy) is 1. The Morgan fingerprint density at radius 1 is 1.43 bits per heavy atom. The first kappa shape index (κ1) is 17.5. The maximum Gasteiger partial charge on any atom is 0.257 e. The number of nitrogens with one attached hydrogen (secondary N) is 1. The average Bonchev–Trinajstić information content (AvgIpc) is 2.89. The Bertz CT molecular complexity index is 553. The number of carbonyl (C=O) groups excluding carboxylic acids is 2. The third kappa shape index (κ3) is 4.58. The third-order valence-electron chi connectivity index (χ3n) is 4.18. The fourth-order valence-electron chi connectivity index (χ4n) is 2.96. The molecule has 1 N–H and O–H groups in total. The van der Waals surface area contributed by atoms with Gasteiger partial charge in [-0.1, -0.05) is 0 Å². The summed E-state index contributed by atoms with van der Waals surface area (Å²) in [7, 11) is 1.64. The van der Waals surface area contributed by atoms with Gasteiger partial charge < -0.3 is 19.4 Å². The molecule has 6 nitrogen and oxygen atoms in total. The summed E-state index contributed by atoms with van der Waals surface area (Å²) < 4.78 is 10.4. The number of hydrogen-bond donors (Lipinski definition) is 1. The summed E-state index contributed by atoms with van der Waals surface area (Å²) in [4.78, 5) is 26.6. The van der Waals surface area contributed by atoms with Crippen LogP contribution < -0.4 is 5.32 Å². The van der Waals surface area contributed by atoms with Crippen molar-refractivity contribution in [1.29, 1.82) is 0 Å². The van der Waals surface area contributed by atoms with Gasteiger partial charge >= 0.3 is 0 Å². The van der Waals surface area contributed by atoms with Crippen LogP contribution in [0.5, 0.6) is 0 Å². The first-order valence-corrected chi connectivity index (χ1v) is 8.16. The molecule has 1 fully saturated rings. The zero-order valence-electron chi connectivity index (χ0n) is 14.2. The molecule has 23 heavy (non-hydrogen) atoms. The van der Waals surface area contributed by atoms with E-state index in [1.54, 1.807) is 25.0 Å². The van der Waals surface area contributed by atoms with Gasteiger partial charge in [0.2, 0.25) is 5.91 Å². The molecule has 2 amide bonds. The lowest BCUT2D eigenvalue weighted by Crippen LogP contribution is -2.45. The highest BCUT2D eigenvalue weighted by atomic mass is 16.5. The van der Waals surface area contributed by atoms with Crippen LogP contribution in [0.1, 0.15) is 41.1 Å². The second kappa shape index (κ2) is 8.15. The Balaban J connectivity index is 1.91. The minimum absolute atomic E-state index is 0.0266. The number of likely N-dealkylation sites (tertiary alicyclic amines) is 1. The summed E-state index contributed by atoms with van der Waals surface area (Å²) in [5.74, 6) is 1.22. The molecule has 1 aromatic rings. The predicted molar refractivity (Wildman–Crippen MR) is 86.3 cm³/mol. The molecule has 1 aliphatic rings. The van der Waals surface area contributed by atoms with Crippen molar-refractivity contribution in [2.75, 3.05) is 33.4 Å². The quantitative estimate of drug-likeness (QED) is 0.812. The molecule has 0 aliphatic carbocycles. The van der Waals surface area contributed by atoms with Crippen LogP contribution in [0.15, 0.2) is 10.5 Å². The number of aryl methyl sites for hydroxylation is 2. The van der Waals surface area contributed by atoms with E-state index in [2.05, 4.69) is 5.32 Å². The minimum Gasteiger partial charge on any atom is -0.466 e. The number of nitrogens with zero attached hydrogens (tertiary/aromatic N) is 1. The molecule has 0 bridgehead atoms. The van der Waals surface area contributed by atoms with E-state index in [1.807, 2.05) is 6.92 Å². The van der Waals surface area contributed by atoms with Gasteiger partial charge in [0.15, 0.2) is 0 Å². The molecular weight excluding hydrogens is 296 g/mol. The first-order valence-electron chi connectivity index (χ1n) is 8.16. The molecule has 2 heterocycles. The fourth-order valence-corrected chi connectivity index (χ4v) is 2.96. The number of piperidine rings is 1. The van der Waals surface area contributed by atoms with Crippen molar-refractivity contribution in [1.82, 2.24) is 10.2 Å². The van der Waals surface area contributed by atoms with E-state index in [4.69, 9.17) is 9.15 Å². The third-order valence-corrected chi connectivity index (χ3v) is 4.18. The van der Waals surface area contributed by atoms with E-state index in [9.17, 15) is 9.59 Å². The van der Waals surface area contributed by atoms with Crippen LogP contribution in [0.25, 0.3) is 0 Å². The maximum atomic E-state index is 12.6. The van der Waals surface area contributed by atoms with Crippen LogP contribution in [0.3, 0.4) is 0 Å². The van der Waals surface area contributed by atoms with Gasteiger partial charge in [-0.25, -0.2) is 0 Å². The smallest absolute Gasteiger partial charge is 0.257 e. The van der Waals surface area contributed by atoms with Gasteiger partial charge in [0.25, 0.3) is 5.91 Å². The molecule has 6 heteroatoms. The molecule has 1 saturated heterocycles. The fraction of sp³-hybridized carbons (Fsp3) is 0.647. The maximum absolute atomic E-state index is 12.6. The zero-order chi connectivity index (χ0) is 16.8. The summed E-state index contributed by atoms with van der Waals surface area (Å²) in [6, 6.07) is 1.77. The van der Waals surface area contributed by atoms with Gasteiger partial charge in [0.05, 0.1) is 11.5 Å². The highest BCUT2D eigenvalue weighted by molar-refractivity contribution is 5.95. The summed E-state index contributed by atoms with van der Waals surface area (Å²) in [5, 5.41) is 2.93. The molecule has 0 aromatic carbocycles. The van der Waals surface area contributed by atoms with E-state index in [1.165, 1.54) is 0 Å². The first-order chi connectivity index (χ1) is 11.0. The Morgan fingerprint density at radius 2 is 2.22 bits per heavy atom. The monoisotopic (exact) mass is 322 g/mol. The topological polar surface area (TPSA) is 71.8 Å². The van der Waals surface area contributed by atoms with Crippen molar-refractivity contribution in [2.45, 2.75) is 33.1 Å². The number of furan rings is 1. The highest BCUT2D eigenvalue weighted by Gasteiger charge is 2.30. The molecule has 0 saturated carbocycles. The second-order valence-electron chi connectivity index (χ2n) is 6.05. The van der Waals surface area contributed by atoms with E-state index in [0.717, 1.165) is 25.0 Å². The summed E-state index contributed by atoms with van der Waals surface area (Å²) in [6.45, 7) is 6.03. The molecule has 2 rings (SSSR count). The lowest BCUT2D eigenvalue weighted by molar-refractivity contribution is -0.126. The van der Waals surface area contributed by atoms with Gasteiger partial charge in [-0.2, -0.15) is 0 Å². The molecule has 128 valence electrons. The Morgan fingerprint density at radius 3 is 2.87 bits per heavy atom. The normalized spacial score (nSPS) is 18.0. The SMILES string of the molecule is COCCCNC(=O)C1CCCN(C(=O)c2cc(C)oc2C)C1. The number of amides is 2. The zero-order valence-corrected chi connectivity index (χ0v) is 14.2. The van der Waals surface area contributed by atoms with Crippen molar-refractivity contribution >= 4 is 11.8 Å². The van der Waals surface area contributed by atoms with Crippen LogP contribution in [0, 0.1) is 19.8 Å². The average molecular weight is 322 g/mol. The largest absolute Gasteiger partial charge is 0.466 e. The van der Waals surface area contributed by atoms with Gasteiger partial charge in [0.1, 0.15) is 11.5 Å². The van der Waals surface area contributed by atoms with Crippen LogP contribution >= 0.6 is 0 Å². The van der Waals surface area contributed by atoms with E-state index < -0.39 is 0 Å². The van der Waals surface area contributed by atoms with E-state index >= 15 is 0 Å². The lowest BCUT2D eigenvalue weighted by atomic mass is 9.96. The van der Waals surface area contributed by atoms with Crippen LogP contribution in [0.4, 0.5) is 0 Å². The molecular formula is C17H26N2O4. The summed E-state index contributed by atoms with van der Waals surface area (Å²) in [5.41, 5.74) is 0.601. The Kier molecular flexibility index (Phi) is 6.21. The van der Waals surface area contributed by atoms with Gasteiger partial charge in [-0.15, -0.1) is 0 Å². The van der Waals surface area contributed by atoms with Crippen molar-refractivity contribution < 1.29 is 18.7 Å². The number of rotatable bonds is 6. The van der Waals surface area contributed by atoms with Crippen LogP contribution in [-0.2, 0) is 9.53 Å². The van der Waals surface area contributed by atoms with Gasteiger partial charge in [-0.3, -0.25) is 9.59 Å². The summed E-state index contributed by atoms with van der Waals surface area (Å²) in [6.07, 6.45) is 2.46. The number of methoxy groups -OCH3 is 1. The Hall–Kier alpha value is -1.82. The van der Waals surface area contributed by atoms with Gasteiger partial charge in [0, 0.05) is 33.4 Å². The molecule has 1 atom stereocenters. The van der Waals surface area contributed by atoms with E-state index in [0.29, 0.717) is 37.6 Å². The van der Waals surface area contributed by atoms with Gasteiger partial charge in [-0.05, 0) is 39.2 Å². The molecule has 1 aliphatic heterocycles. The minimum atomic E-state index is -0.136. The second-order valence-corrected chi connectivity index (χ2v) is 6.05. The van der Waals surface area contributed by atoms with Crippen molar-refractivity contribution in [3.8, 4) is 0 Å². The van der Waals surface area contributed by atoms with Crippen molar-refractivity contribution in [2.24, 2.45) is 5.92 Å². The predicted octanol–water partition coefficient (Wildman–Crippen LogP) is 1.90. The highest BCUT2D eigenvalue weighted by Crippen LogP contribution is 2.21. The van der Waals surface area contributed by atoms with Crippen LogP contribution in [0.2, 0.25) is 0 Å². The lowest BCUT2D eigenvalue weighted by Gasteiger charge is -2.32. The molecule has 0 spiro atoms. The van der Waals surface area contributed by atoms with Crippen molar-refractivity contribution in [3.05, 3.63) is 23.2 Å². The molecule has 1 aromatic heterocycles. The molecule has 0 radical (unpaired) electrons. The van der Waals surface area contributed by atoms with Crippen LogP contribution in [-0.4, -0.2) is 50.1 Å².